The summed E-state index contributed by atoms with van der Waals surface area (Å²) in [5.41, 5.74) is -0.301. The molecule has 2 aromatic carbocycles. The number of hydrogen-bond acceptors (Lipinski definition) is 15. The fourth-order valence-corrected chi connectivity index (χ4v) is 8.48. The van der Waals surface area contributed by atoms with Crippen LogP contribution >= 0.6 is 0 Å². The SMILES string of the molecule is CCCCOC[C@@]1(O)/C=C/C(=O)NCC(=O)OC[C@@H]2NC(=O)[C@@H]([C@@H](C)O)NC(=O)[C@H](Cc3ccccc3)N(C)C(=O)[C@@H](NC(=O)[C@@H]([C@@H](C)CC)NC(=O)[C@@H](NC(=O)[C@H](C)[C@H](O)C(C)C)[C@@H](C)OC2=O)c2ccc(cc2)/C=C\1C. The molecule has 428 valence electrons. The first kappa shape index (κ1) is 63.5. The molecule has 22 heteroatoms. The maximum atomic E-state index is 15.3. The van der Waals surface area contributed by atoms with E-state index in [0.717, 1.165) is 17.4 Å². The van der Waals surface area contributed by atoms with Gasteiger partial charge in [0.1, 0.15) is 55.1 Å². The molecule has 3 heterocycles. The van der Waals surface area contributed by atoms with Gasteiger partial charge in [0, 0.05) is 26.2 Å². The number of aliphatic hydroxyl groups is 3. The van der Waals surface area contributed by atoms with Gasteiger partial charge in [-0.1, -0.05) is 115 Å². The van der Waals surface area contributed by atoms with Crippen LogP contribution in [0.2, 0.25) is 0 Å². The number of ether oxygens (including phenoxy) is 3. The van der Waals surface area contributed by atoms with Crippen molar-refractivity contribution in [3.63, 3.8) is 0 Å². The average molecular weight is 1090 g/mol. The van der Waals surface area contributed by atoms with E-state index in [1.807, 2.05) is 6.92 Å². The Morgan fingerprint density at radius 2 is 1.50 bits per heavy atom. The largest absolute Gasteiger partial charge is 0.462 e. The van der Waals surface area contributed by atoms with Crippen molar-refractivity contribution in [3.8, 4) is 0 Å². The lowest BCUT2D eigenvalue weighted by atomic mass is 9.92. The zero-order valence-corrected chi connectivity index (χ0v) is 46.2. The van der Waals surface area contributed by atoms with Crippen molar-refractivity contribution in [2.75, 3.05) is 33.4 Å². The molecule has 0 radical (unpaired) electrons. The van der Waals surface area contributed by atoms with Crippen molar-refractivity contribution >= 4 is 59.4 Å². The second-order valence-electron chi connectivity index (χ2n) is 20.5. The Kier molecular flexibility index (Phi) is 24.1. The highest BCUT2D eigenvalue weighted by molar-refractivity contribution is 5.98. The highest BCUT2D eigenvalue weighted by Gasteiger charge is 2.42. The molecule has 4 bridgehead atoms. The first-order valence-electron chi connectivity index (χ1n) is 26.4. The smallest absolute Gasteiger partial charge is 0.332 e. The Bertz CT molecular complexity index is 2490. The predicted molar refractivity (Wildman–Crippen MR) is 286 cm³/mol. The topological polar surface area (TPSA) is 317 Å². The van der Waals surface area contributed by atoms with E-state index in [4.69, 9.17) is 14.2 Å². The molecular weight excluding hydrogens is 1010 g/mol. The van der Waals surface area contributed by atoms with Crippen LogP contribution in [0.1, 0.15) is 104 Å². The highest BCUT2D eigenvalue weighted by Crippen LogP contribution is 2.26. The lowest BCUT2D eigenvalue weighted by molar-refractivity contribution is -0.160. The quantitative estimate of drug-likeness (QED) is 0.0944. The third-order valence-corrected chi connectivity index (χ3v) is 14.0. The van der Waals surface area contributed by atoms with Gasteiger partial charge in [-0.05, 0) is 67.4 Å². The summed E-state index contributed by atoms with van der Waals surface area (Å²) in [6, 6.07) is 4.72. The number of unbranched alkanes of at least 4 members (excludes halogenated alkanes) is 1. The molecular formula is C56H79N7O15. The molecule has 3 aliphatic heterocycles. The fraction of sp³-hybridized carbons (Fsp3) is 0.554. The average Bonchev–Trinajstić information content (AvgIpc) is 3.42. The molecule has 0 saturated carbocycles. The lowest BCUT2D eigenvalue weighted by Crippen LogP contribution is -2.61. The Balaban J connectivity index is 2.05. The number of cyclic esters (lactones) is 1. The summed E-state index contributed by atoms with van der Waals surface area (Å²) in [6.07, 6.45) is 0.913. The van der Waals surface area contributed by atoms with Gasteiger partial charge in [-0.25, -0.2) is 4.79 Å². The number of rotatable bonds is 14. The number of fused-ring (bicyclic) bond motifs is 10. The molecule has 1 saturated heterocycles. The van der Waals surface area contributed by atoms with E-state index >= 15 is 4.79 Å². The van der Waals surface area contributed by atoms with E-state index in [0.29, 0.717) is 29.7 Å². The maximum Gasteiger partial charge on any atom is 0.332 e. The van der Waals surface area contributed by atoms with Gasteiger partial charge in [0.05, 0.1) is 24.7 Å². The van der Waals surface area contributed by atoms with Crippen molar-refractivity contribution in [3.05, 3.63) is 89.0 Å². The summed E-state index contributed by atoms with van der Waals surface area (Å²) in [5, 5.41) is 49.2. The second-order valence-corrected chi connectivity index (χ2v) is 20.5. The van der Waals surface area contributed by atoms with E-state index < -0.39 is 144 Å². The first-order chi connectivity index (χ1) is 36.8. The van der Waals surface area contributed by atoms with Crippen LogP contribution in [0.25, 0.3) is 6.08 Å². The summed E-state index contributed by atoms with van der Waals surface area (Å²) in [7, 11) is 1.32. The number of nitrogens with one attached hydrogen (secondary N) is 6. The van der Waals surface area contributed by atoms with Crippen LogP contribution in [0.4, 0.5) is 0 Å². The molecule has 9 N–H and O–H groups in total. The van der Waals surface area contributed by atoms with Crippen molar-refractivity contribution in [2.24, 2.45) is 17.8 Å². The zero-order valence-electron chi connectivity index (χ0n) is 46.2. The van der Waals surface area contributed by atoms with Crippen molar-refractivity contribution in [1.82, 2.24) is 36.8 Å². The van der Waals surface area contributed by atoms with E-state index in [1.54, 1.807) is 83.2 Å². The van der Waals surface area contributed by atoms with Gasteiger partial charge >= 0.3 is 11.9 Å². The predicted octanol–water partition coefficient (Wildman–Crippen LogP) is 1.06. The number of esters is 2. The summed E-state index contributed by atoms with van der Waals surface area (Å²) in [4.78, 5) is 130. The van der Waals surface area contributed by atoms with Crippen LogP contribution in [0.3, 0.4) is 0 Å². The molecule has 2 aromatic rings. The number of carbonyl (C=O) groups excluding carboxylic acids is 9. The highest BCUT2D eigenvalue weighted by atomic mass is 16.6. The lowest BCUT2D eigenvalue weighted by Gasteiger charge is -2.34. The summed E-state index contributed by atoms with van der Waals surface area (Å²) >= 11 is 0. The molecule has 0 unspecified atom stereocenters. The standard InChI is InChI=1S/C56H79N7O15/c1-11-13-25-76-30-56(75)24-23-42(65)57-28-43(66)77-29-40-55(74)78-36(9)46(61-49(68)34(7)48(67)31(3)4)53(72)59-44(32(5)12-2)51(70)62-47(39-21-19-38(20-22-39)26-33(56)6)54(73)63(10)41(27-37-17-15-14-16-18-37)50(69)60-45(35(8)64)52(71)58-40/h14-24,26,31-32,34-36,40-41,44-48,64,67,75H,11-13,25,27-30H2,1-10H3,(H,57,65)(H,58,71)(H,59,72)(H,60,69)(H,61,68)(H,62,70)/b24-23+,33-26-/t32-,34+,35+,36+,40-,41-,44+,45+,46-,47-,48+,56-/m0/s1. The Morgan fingerprint density at radius 1 is 0.859 bits per heavy atom. The third kappa shape index (κ3) is 17.8. The van der Waals surface area contributed by atoms with Gasteiger partial charge in [-0.2, -0.15) is 0 Å². The monoisotopic (exact) mass is 1090 g/mol. The number of hydrogen-bond donors (Lipinski definition) is 9. The number of benzene rings is 2. The molecule has 12 atom stereocenters. The van der Waals surface area contributed by atoms with Gasteiger partial charge < -0.3 is 66.3 Å². The number of carbonyl (C=O) groups is 9. The number of likely N-dealkylation sites (N-methyl/N-ethyl adjacent to an activating group) is 1. The Hall–Kier alpha value is -7.01. The number of aliphatic hydroxyl groups excluding tert-OH is 2. The zero-order chi connectivity index (χ0) is 58.0. The minimum absolute atomic E-state index is 0.156. The van der Waals surface area contributed by atoms with Crippen molar-refractivity contribution in [1.29, 1.82) is 0 Å². The van der Waals surface area contributed by atoms with Gasteiger partial charge in [0.15, 0.2) is 6.04 Å². The van der Waals surface area contributed by atoms with Crippen LogP contribution in [-0.2, 0) is 63.8 Å². The molecule has 78 heavy (non-hydrogen) atoms. The van der Waals surface area contributed by atoms with Crippen LogP contribution in [-0.4, -0.2) is 161 Å². The van der Waals surface area contributed by atoms with Crippen LogP contribution in [0, 0.1) is 17.8 Å². The Labute approximate surface area is 455 Å². The molecule has 5 rings (SSSR count). The van der Waals surface area contributed by atoms with Gasteiger partial charge in [0.25, 0.3) is 0 Å². The molecule has 0 aliphatic carbocycles. The molecule has 1 fully saturated rings. The van der Waals surface area contributed by atoms with E-state index in [9.17, 15) is 53.7 Å². The maximum absolute atomic E-state index is 15.3. The normalized spacial score (nSPS) is 27.4. The van der Waals surface area contributed by atoms with Crippen molar-refractivity contribution < 1.29 is 72.7 Å². The third-order valence-electron chi connectivity index (χ3n) is 14.0. The van der Waals surface area contributed by atoms with E-state index in [2.05, 4.69) is 31.9 Å². The van der Waals surface area contributed by atoms with E-state index in [-0.39, 0.29) is 25.0 Å². The first-order valence-corrected chi connectivity index (χ1v) is 26.4. The van der Waals surface area contributed by atoms with Crippen LogP contribution in [0.5, 0.6) is 0 Å². The summed E-state index contributed by atoms with van der Waals surface area (Å²) in [6.45, 7) is 12.4. The van der Waals surface area contributed by atoms with Crippen LogP contribution < -0.4 is 31.9 Å². The molecule has 0 spiro atoms. The molecule has 7 amide bonds. The molecule has 22 nitrogen and oxygen atoms in total. The second kappa shape index (κ2) is 29.7. The number of nitrogens with zero attached hydrogens (tertiary/aromatic N) is 1. The Morgan fingerprint density at radius 3 is 2.12 bits per heavy atom. The molecule has 3 aliphatic rings. The minimum Gasteiger partial charge on any atom is -0.462 e. The molecule has 0 aromatic heterocycles. The van der Waals surface area contributed by atoms with Crippen molar-refractivity contribution in [2.45, 2.75) is 148 Å². The van der Waals surface area contributed by atoms with Gasteiger partial charge in [-0.3, -0.25) is 38.4 Å². The summed E-state index contributed by atoms with van der Waals surface area (Å²) in [5.74, 6) is -11.3. The van der Waals surface area contributed by atoms with Gasteiger partial charge in [0.2, 0.25) is 41.4 Å². The fourth-order valence-electron chi connectivity index (χ4n) is 8.48. The minimum atomic E-state index is -1.97. The number of amides is 7. The summed E-state index contributed by atoms with van der Waals surface area (Å²) < 4.78 is 16.9. The van der Waals surface area contributed by atoms with Gasteiger partial charge in [-0.15, -0.1) is 0 Å². The van der Waals surface area contributed by atoms with Crippen LogP contribution in [0.15, 0.2) is 72.3 Å². The van der Waals surface area contributed by atoms with E-state index in [1.165, 1.54) is 46.0 Å².